The molecule has 1 heterocycles. The minimum absolute atomic E-state index is 0.329. The van der Waals surface area contributed by atoms with Crippen molar-refractivity contribution in [2.45, 2.75) is 37.6 Å². The van der Waals surface area contributed by atoms with Crippen LogP contribution in [-0.4, -0.2) is 18.5 Å². The Labute approximate surface area is 108 Å². The molecule has 1 saturated carbocycles. The van der Waals surface area contributed by atoms with Crippen molar-refractivity contribution in [3.05, 3.63) is 35.4 Å². The topological polar surface area (TPSA) is 55.1 Å². The first-order chi connectivity index (χ1) is 8.72. The zero-order valence-corrected chi connectivity index (χ0v) is 10.6. The number of rotatable bonds is 2. The Morgan fingerprint density at radius 1 is 1.28 bits per heavy atom. The average molecular weight is 244 g/mol. The summed E-state index contributed by atoms with van der Waals surface area (Å²) in [7, 11) is 0. The molecule has 1 aromatic carbocycles. The van der Waals surface area contributed by atoms with E-state index in [0.717, 1.165) is 5.92 Å². The summed E-state index contributed by atoms with van der Waals surface area (Å²) in [5.41, 5.74) is 7.26. The molecule has 1 amide bonds. The second-order valence-corrected chi connectivity index (χ2v) is 5.71. The molecule has 1 aliphatic carbocycles. The molecule has 3 nitrogen and oxygen atoms in total. The zero-order valence-electron chi connectivity index (χ0n) is 10.6. The van der Waals surface area contributed by atoms with Crippen molar-refractivity contribution >= 4 is 5.91 Å². The maximum atomic E-state index is 11.2. The first kappa shape index (κ1) is 11.7. The first-order valence-corrected chi connectivity index (χ1v) is 6.85. The summed E-state index contributed by atoms with van der Waals surface area (Å²) in [5.74, 6) is 1.11. The van der Waals surface area contributed by atoms with Crippen LogP contribution in [0.25, 0.3) is 0 Å². The summed E-state index contributed by atoms with van der Waals surface area (Å²) in [6, 6.07) is 8.53. The normalized spacial score (nSPS) is 31.0. The van der Waals surface area contributed by atoms with Gasteiger partial charge in [0.2, 0.25) is 5.91 Å². The molecule has 3 heteroatoms. The molecule has 0 aromatic heterocycles. The van der Waals surface area contributed by atoms with Gasteiger partial charge in [0.15, 0.2) is 0 Å². The number of nitrogens with one attached hydrogen (secondary N) is 1. The predicted octanol–water partition coefficient (Wildman–Crippen LogP) is 2.03. The fourth-order valence-electron chi connectivity index (χ4n) is 3.45. The number of hydrogen-bond acceptors (Lipinski definition) is 2. The van der Waals surface area contributed by atoms with Crippen LogP contribution >= 0.6 is 0 Å². The monoisotopic (exact) mass is 244 g/mol. The van der Waals surface area contributed by atoms with Crippen molar-refractivity contribution in [2.24, 2.45) is 11.7 Å². The van der Waals surface area contributed by atoms with Crippen LogP contribution in [0.4, 0.5) is 0 Å². The predicted molar refractivity (Wildman–Crippen MR) is 71.4 cm³/mol. The van der Waals surface area contributed by atoms with Gasteiger partial charge >= 0.3 is 0 Å². The quantitative estimate of drug-likeness (QED) is 0.836. The number of benzene rings is 1. The Balaban J connectivity index is 1.81. The molecule has 18 heavy (non-hydrogen) atoms. The Kier molecular flexibility index (Phi) is 3.08. The molecule has 3 rings (SSSR count). The molecule has 0 radical (unpaired) electrons. The Morgan fingerprint density at radius 3 is 3.00 bits per heavy atom. The lowest BCUT2D eigenvalue weighted by Crippen LogP contribution is -2.25. The molecule has 2 fully saturated rings. The molecule has 3 N–H and O–H groups in total. The van der Waals surface area contributed by atoms with Crippen molar-refractivity contribution in [2.75, 3.05) is 6.54 Å². The number of amides is 1. The van der Waals surface area contributed by atoms with Crippen molar-refractivity contribution in [1.29, 1.82) is 0 Å². The number of hydrogen-bond donors (Lipinski definition) is 2. The Bertz CT molecular complexity index is 458. The van der Waals surface area contributed by atoms with Crippen LogP contribution in [0.1, 0.15) is 47.5 Å². The van der Waals surface area contributed by atoms with E-state index >= 15 is 0 Å². The minimum atomic E-state index is -0.329. The summed E-state index contributed by atoms with van der Waals surface area (Å²) in [5, 5.41) is 3.60. The van der Waals surface area contributed by atoms with Crippen molar-refractivity contribution < 1.29 is 4.79 Å². The molecule has 1 saturated heterocycles. The van der Waals surface area contributed by atoms with Gasteiger partial charge in [0.05, 0.1) is 0 Å². The number of nitrogens with two attached hydrogens (primary N) is 1. The van der Waals surface area contributed by atoms with Gasteiger partial charge in [-0.3, -0.25) is 4.79 Å². The summed E-state index contributed by atoms with van der Waals surface area (Å²) in [6.45, 7) is 1.19. The Hall–Kier alpha value is -1.35. The first-order valence-electron chi connectivity index (χ1n) is 6.85. The number of primary amides is 1. The average Bonchev–Trinajstić information content (AvgIpc) is 2.69. The molecule has 1 aromatic rings. The van der Waals surface area contributed by atoms with Crippen LogP contribution in [0, 0.1) is 5.92 Å². The molecule has 96 valence electrons. The fraction of sp³-hybridized carbons (Fsp3) is 0.533. The van der Waals surface area contributed by atoms with Crippen LogP contribution < -0.4 is 11.1 Å². The summed E-state index contributed by atoms with van der Waals surface area (Å²) in [4.78, 5) is 11.2. The van der Waals surface area contributed by atoms with Crippen molar-refractivity contribution in [3.8, 4) is 0 Å². The number of carbonyl (C=O) groups is 1. The third-order valence-corrected chi connectivity index (χ3v) is 4.45. The van der Waals surface area contributed by atoms with E-state index in [1.54, 1.807) is 6.07 Å². The largest absolute Gasteiger partial charge is 0.366 e. The second-order valence-electron chi connectivity index (χ2n) is 5.71. The number of fused-ring (bicyclic) bond motifs is 2. The Morgan fingerprint density at radius 2 is 2.17 bits per heavy atom. The van der Waals surface area contributed by atoms with Crippen LogP contribution in [0.2, 0.25) is 0 Å². The molecule has 1 unspecified atom stereocenters. The van der Waals surface area contributed by atoms with Crippen LogP contribution in [0.15, 0.2) is 24.3 Å². The highest BCUT2D eigenvalue weighted by molar-refractivity contribution is 5.92. The van der Waals surface area contributed by atoms with Gasteiger partial charge in [-0.15, -0.1) is 0 Å². The summed E-state index contributed by atoms with van der Waals surface area (Å²) < 4.78 is 0. The van der Waals surface area contributed by atoms with Gasteiger partial charge in [-0.05, 0) is 61.8 Å². The lowest BCUT2D eigenvalue weighted by molar-refractivity contribution is 0.1000. The van der Waals surface area contributed by atoms with Gasteiger partial charge in [-0.25, -0.2) is 0 Å². The van der Waals surface area contributed by atoms with E-state index in [2.05, 4.69) is 11.4 Å². The molecular weight excluding hydrogens is 224 g/mol. The molecule has 0 spiro atoms. The van der Waals surface area contributed by atoms with Crippen LogP contribution in [-0.2, 0) is 0 Å². The van der Waals surface area contributed by atoms with E-state index in [9.17, 15) is 4.79 Å². The highest BCUT2D eigenvalue weighted by Gasteiger charge is 2.31. The van der Waals surface area contributed by atoms with Gasteiger partial charge in [-0.2, -0.15) is 0 Å². The van der Waals surface area contributed by atoms with E-state index in [4.69, 9.17) is 5.73 Å². The highest BCUT2D eigenvalue weighted by atomic mass is 16.1. The van der Waals surface area contributed by atoms with Crippen LogP contribution in [0.3, 0.4) is 0 Å². The molecule has 2 bridgehead atoms. The van der Waals surface area contributed by atoms with E-state index < -0.39 is 0 Å². The lowest BCUT2D eigenvalue weighted by Gasteiger charge is -2.21. The second kappa shape index (κ2) is 4.73. The van der Waals surface area contributed by atoms with Gasteiger partial charge < -0.3 is 11.1 Å². The molecular formula is C15H20N2O. The summed E-state index contributed by atoms with van der Waals surface area (Å²) in [6.07, 6.45) is 5.06. The summed E-state index contributed by atoms with van der Waals surface area (Å²) >= 11 is 0. The van der Waals surface area contributed by atoms with Crippen molar-refractivity contribution in [3.63, 3.8) is 0 Å². The van der Waals surface area contributed by atoms with E-state index in [0.29, 0.717) is 17.5 Å². The number of carbonyl (C=O) groups excluding carboxylic acids is 1. The van der Waals surface area contributed by atoms with Crippen LogP contribution in [0.5, 0.6) is 0 Å². The van der Waals surface area contributed by atoms with Gasteiger partial charge in [-0.1, -0.05) is 12.1 Å². The minimum Gasteiger partial charge on any atom is -0.366 e. The van der Waals surface area contributed by atoms with Gasteiger partial charge in [0, 0.05) is 11.6 Å². The third kappa shape index (κ3) is 2.27. The fourth-order valence-corrected chi connectivity index (χ4v) is 3.45. The standard InChI is InChI=1S/C15H20N2O/c16-15(18)13-3-1-2-11(7-13)12-5-4-10-6-14(8-12)17-9-10/h1-3,7,10,12,14,17H,4-6,8-9H2,(H2,16,18)/t10?,12-,14-/m1/s1. The molecule has 1 aliphatic heterocycles. The molecule has 3 atom stereocenters. The smallest absolute Gasteiger partial charge is 0.248 e. The van der Waals surface area contributed by atoms with Crippen molar-refractivity contribution in [1.82, 2.24) is 5.32 Å². The maximum absolute atomic E-state index is 11.2. The maximum Gasteiger partial charge on any atom is 0.248 e. The van der Waals surface area contributed by atoms with Gasteiger partial charge in [0.25, 0.3) is 0 Å². The highest BCUT2D eigenvalue weighted by Crippen LogP contribution is 2.37. The zero-order chi connectivity index (χ0) is 12.5. The van der Waals surface area contributed by atoms with Gasteiger partial charge in [0.1, 0.15) is 0 Å². The van der Waals surface area contributed by atoms with E-state index in [1.807, 2.05) is 12.1 Å². The van der Waals surface area contributed by atoms with E-state index in [-0.39, 0.29) is 5.91 Å². The molecule has 2 aliphatic rings. The van der Waals surface area contributed by atoms with E-state index in [1.165, 1.54) is 37.8 Å². The third-order valence-electron chi connectivity index (χ3n) is 4.45. The lowest BCUT2D eigenvalue weighted by atomic mass is 9.88. The SMILES string of the molecule is NC(=O)c1cccc([C@@H]2CCC3CN[C@H](C3)C2)c1.